The van der Waals surface area contributed by atoms with Gasteiger partial charge < -0.3 is 10.5 Å². The lowest BCUT2D eigenvalue weighted by Crippen LogP contribution is -2.36. The fourth-order valence-corrected chi connectivity index (χ4v) is 3.24. The molecule has 0 amide bonds. The highest BCUT2D eigenvalue weighted by atomic mass is 32.2. The minimum Gasteiger partial charge on any atom is -0.486 e. The highest BCUT2D eigenvalue weighted by Crippen LogP contribution is 2.38. The van der Waals surface area contributed by atoms with Crippen LogP contribution in [0.25, 0.3) is 0 Å². The molecule has 1 heterocycles. The number of hydrogen-bond donors (Lipinski definition) is 1. The van der Waals surface area contributed by atoms with Crippen LogP contribution >= 0.6 is 11.8 Å². The SMILES string of the molecule is NC(c1ccc(F)cc1F)C1CSc2ccccc2O1. The van der Waals surface area contributed by atoms with E-state index in [-0.39, 0.29) is 11.7 Å². The van der Waals surface area contributed by atoms with Crippen molar-refractivity contribution >= 4 is 11.8 Å². The Morgan fingerprint density at radius 1 is 1.20 bits per heavy atom. The van der Waals surface area contributed by atoms with E-state index in [0.29, 0.717) is 5.75 Å². The van der Waals surface area contributed by atoms with Gasteiger partial charge in [0.15, 0.2) is 0 Å². The molecule has 104 valence electrons. The predicted octanol–water partition coefficient (Wildman–Crippen LogP) is 3.52. The van der Waals surface area contributed by atoms with Crippen molar-refractivity contribution in [3.63, 3.8) is 0 Å². The van der Waals surface area contributed by atoms with Gasteiger partial charge >= 0.3 is 0 Å². The Morgan fingerprint density at radius 3 is 2.80 bits per heavy atom. The zero-order valence-corrected chi connectivity index (χ0v) is 11.4. The maximum absolute atomic E-state index is 13.8. The summed E-state index contributed by atoms with van der Waals surface area (Å²) in [4.78, 5) is 1.05. The average Bonchev–Trinajstić information content (AvgIpc) is 2.46. The van der Waals surface area contributed by atoms with E-state index in [2.05, 4.69) is 0 Å². The van der Waals surface area contributed by atoms with Gasteiger partial charge in [-0.2, -0.15) is 0 Å². The van der Waals surface area contributed by atoms with Crippen LogP contribution in [0.2, 0.25) is 0 Å². The molecule has 2 aromatic carbocycles. The van der Waals surface area contributed by atoms with Crippen LogP contribution in [0.1, 0.15) is 11.6 Å². The summed E-state index contributed by atoms with van der Waals surface area (Å²) in [5, 5.41) is 0. The third kappa shape index (κ3) is 2.51. The third-order valence-corrected chi connectivity index (χ3v) is 4.40. The van der Waals surface area contributed by atoms with Gasteiger partial charge in [-0.3, -0.25) is 0 Å². The second-order valence-electron chi connectivity index (χ2n) is 4.61. The van der Waals surface area contributed by atoms with E-state index in [1.807, 2.05) is 24.3 Å². The Labute approximate surface area is 119 Å². The van der Waals surface area contributed by atoms with Gasteiger partial charge in [0.1, 0.15) is 23.5 Å². The number of thioether (sulfide) groups is 1. The molecule has 0 fully saturated rings. The molecule has 2 aromatic rings. The summed E-state index contributed by atoms with van der Waals surface area (Å²) in [6.07, 6.45) is -0.338. The normalized spacial score (nSPS) is 19.1. The molecule has 20 heavy (non-hydrogen) atoms. The Hall–Kier alpha value is -1.59. The summed E-state index contributed by atoms with van der Waals surface area (Å²) < 4.78 is 32.5. The molecule has 0 aromatic heterocycles. The number of para-hydroxylation sites is 1. The predicted molar refractivity (Wildman–Crippen MR) is 74.9 cm³/mol. The molecular formula is C15H13F2NOS. The summed E-state index contributed by atoms with van der Waals surface area (Å²) in [5.74, 6) is 0.147. The topological polar surface area (TPSA) is 35.2 Å². The molecular weight excluding hydrogens is 280 g/mol. The van der Waals surface area contributed by atoms with Gasteiger partial charge in [0.05, 0.1) is 6.04 Å². The first-order chi connectivity index (χ1) is 9.65. The molecule has 5 heteroatoms. The van der Waals surface area contributed by atoms with Gasteiger partial charge in [-0.1, -0.05) is 18.2 Å². The maximum Gasteiger partial charge on any atom is 0.133 e. The van der Waals surface area contributed by atoms with Gasteiger partial charge in [0, 0.05) is 22.3 Å². The third-order valence-electron chi connectivity index (χ3n) is 3.25. The van der Waals surface area contributed by atoms with Gasteiger partial charge in [0.2, 0.25) is 0 Å². The van der Waals surface area contributed by atoms with Crippen LogP contribution in [-0.2, 0) is 0 Å². The van der Waals surface area contributed by atoms with Gasteiger partial charge in [-0.05, 0) is 18.2 Å². The van der Waals surface area contributed by atoms with E-state index in [1.54, 1.807) is 11.8 Å². The van der Waals surface area contributed by atoms with E-state index in [9.17, 15) is 8.78 Å². The molecule has 0 spiro atoms. The second-order valence-corrected chi connectivity index (χ2v) is 5.67. The summed E-state index contributed by atoms with van der Waals surface area (Å²) in [5.41, 5.74) is 6.35. The van der Waals surface area contributed by atoms with Crippen LogP contribution in [0.15, 0.2) is 47.4 Å². The van der Waals surface area contributed by atoms with Crippen molar-refractivity contribution < 1.29 is 13.5 Å². The van der Waals surface area contributed by atoms with Gasteiger partial charge in [0.25, 0.3) is 0 Å². The molecule has 0 saturated heterocycles. The van der Waals surface area contributed by atoms with Crippen molar-refractivity contribution in [2.75, 3.05) is 5.75 Å². The average molecular weight is 293 g/mol. The quantitative estimate of drug-likeness (QED) is 0.920. The van der Waals surface area contributed by atoms with Crippen molar-refractivity contribution in [1.29, 1.82) is 0 Å². The zero-order valence-electron chi connectivity index (χ0n) is 10.6. The van der Waals surface area contributed by atoms with Crippen LogP contribution in [-0.4, -0.2) is 11.9 Å². The first-order valence-electron chi connectivity index (χ1n) is 6.24. The number of ether oxygens (including phenoxy) is 1. The lowest BCUT2D eigenvalue weighted by atomic mass is 10.0. The van der Waals surface area contributed by atoms with E-state index in [0.717, 1.165) is 16.7 Å². The van der Waals surface area contributed by atoms with Crippen molar-refractivity contribution in [3.8, 4) is 5.75 Å². The molecule has 1 aliphatic heterocycles. The lowest BCUT2D eigenvalue weighted by Gasteiger charge is -2.30. The number of fused-ring (bicyclic) bond motifs is 1. The van der Waals surface area contributed by atoms with E-state index >= 15 is 0 Å². The Balaban J connectivity index is 1.84. The smallest absolute Gasteiger partial charge is 0.133 e. The largest absolute Gasteiger partial charge is 0.486 e. The Bertz CT molecular complexity index is 635. The molecule has 0 radical (unpaired) electrons. The zero-order chi connectivity index (χ0) is 14.1. The number of halogens is 2. The standard InChI is InChI=1S/C15H13F2NOS/c16-9-5-6-10(11(17)7-9)15(18)13-8-20-14-4-2-1-3-12(14)19-13/h1-7,13,15H,8,18H2. The number of benzene rings is 2. The van der Waals surface area contributed by atoms with Gasteiger partial charge in [-0.25, -0.2) is 8.78 Å². The molecule has 2 nitrogen and oxygen atoms in total. The summed E-state index contributed by atoms with van der Waals surface area (Å²) in [6.45, 7) is 0. The first kappa shape index (κ1) is 13.4. The van der Waals surface area contributed by atoms with Crippen molar-refractivity contribution in [1.82, 2.24) is 0 Å². The highest BCUT2D eigenvalue weighted by Gasteiger charge is 2.28. The minimum atomic E-state index is -0.634. The van der Waals surface area contributed by atoms with Crippen LogP contribution in [0.3, 0.4) is 0 Å². The van der Waals surface area contributed by atoms with E-state index in [4.69, 9.17) is 10.5 Å². The van der Waals surface area contributed by atoms with Crippen molar-refractivity contribution in [2.24, 2.45) is 5.73 Å². The van der Waals surface area contributed by atoms with Crippen LogP contribution < -0.4 is 10.5 Å². The fourth-order valence-electron chi connectivity index (χ4n) is 2.18. The number of rotatable bonds is 2. The molecule has 0 aliphatic carbocycles. The molecule has 1 aliphatic rings. The molecule has 2 N–H and O–H groups in total. The van der Waals surface area contributed by atoms with Gasteiger partial charge in [-0.15, -0.1) is 11.8 Å². The summed E-state index contributed by atoms with van der Waals surface area (Å²) in [6, 6.07) is 10.5. The second kappa shape index (κ2) is 5.42. The molecule has 2 unspecified atom stereocenters. The first-order valence-corrected chi connectivity index (χ1v) is 7.23. The minimum absolute atomic E-state index is 0.274. The fraction of sp³-hybridized carbons (Fsp3) is 0.200. The molecule has 0 bridgehead atoms. The van der Waals surface area contributed by atoms with Crippen LogP contribution in [0, 0.1) is 11.6 Å². The number of hydrogen-bond acceptors (Lipinski definition) is 3. The molecule has 3 rings (SSSR count). The van der Waals surface area contributed by atoms with Crippen LogP contribution in [0.4, 0.5) is 8.78 Å². The summed E-state index contributed by atoms with van der Waals surface area (Å²) >= 11 is 1.63. The van der Waals surface area contributed by atoms with E-state index in [1.165, 1.54) is 12.1 Å². The van der Waals surface area contributed by atoms with E-state index < -0.39 is 17.7 Å². The van der Waals surface area contributed by atoms with Crippen molar-refractivity contribution in [3.05, 3.63) is 59.7 Å². The Morgan fingerprint density at radius 2 is 2.00 bits per heavy atom. The Kier molecular flexibility index (Phi) is 3.63. The highest BCUT2D eigenvalue weighted by molar-refractivity contribution is 7.99. The maximum atomic E-state index is 13.8. The summed E-state index contributed by atoms with van der Waals surface area (Å²) in [7, 11) is 0. The lowest BCUT2D eigenvalue weighted by molar-refractivity contribution is 0.183. The van der Waals surface area contributed by atoms with Crippen LogP contribution in [0.5, 0.6) is 5.75 Å². The monoisotopic (exact) mass is 293 g/mol. The van der Waals surface area contributed by atoms with Crippen molar-refractivity contribution in [2.45, 2.75) is 17.0 Å². The molecule has 2 atom stereocenters. The molecule has 0 saturated carbocycles. The number of nitrogens with two attached hydrogens (primary N) is 1.